The van der Waals surface area contributed by atoms with Crippen LogP contribution in [0.25, 0.3) is 0 Å². The summed E-state index contributed by atoms with van der Waals surface area (Å²) in [5.74, 6) is 6.23. The van der Waals surface area contributed by atoms with E-state index in [4.69, 9.17) is 6.42 Å². The van der Waals surface area contributed by atoms with E-state index in [9.17, 15) is 0 Å². The van der Waals surface area contributed by atoms with Gasteiger partial charge in [0, 0.05) is 5.41 Å². The van der Waals surface area contributed by atoms with Crippen molar-refractivity contribution in [1.82, 2.24) is 0 Å². The monoisotopic (exact) mass is 168 g/mol. The molecule has 1 rings (SSSR count). The highest BCUT2D eigenvalue weighted by atomic mass is 32.2. The van der Waals surface area contributed by atoms with Crippen LogP contribution in [0.2, 0.25) is 0 Å². The van der Waals surface area contributed by atoms with Gasteiger partial charge in [-0.2, -0.15) is 11.8 Å². The molecule has 0 amide bonds. The van der Waals surface area contributed by atoms with Gasteiger partial charge < -0.3 is 0 Å². The predicted molar refractivity (Wildman–Crippen MR) is 52.7 cm³/mol. The van der Waals surface area contributed by atoms with Gasteiger partial charge in [-0.3, -0.25) is 0 Å². The molecule has 0 aliphatic carbocycles. The van der Waals surface area contributed by atoms with Crippen molar-refractivity contribution in [2.75, 3.05) is 11.5 Å². The van der Waals surface area contributed by atoms with Crippen molar-refractivity contribution in [3.63, 3.8) is 0 Å². The smallest absolute Gasteiger partial charge is 0.0291 e. The van der Waals surface area contributed by atoms with Gasteiger partial charge in [-0.1, -0.05) is 0 Å². The molecular weight excluding hydrogens is 152 g/mol. The second-order valence-electron chi connectivity index (χ2n) is 3.78. The van der Waals surface area contributed by atoms with Crippen LogP contribution in [0.1, 0.15) is 26.7 Å². The van der Waals surface area contributed by atoms with Crippen LogP contribution in [0.5, 0.6) is 0 Å². The van der Waals surface area contributed by atoms with E-state index in [1.165, 1.54) is 24.3 Å². The Labute approximate surface area is 74.1 Å². The van der Waals surface area contributed by atoms with Gasteiger partial charge in [0.2, 0.25) is 0 Å². The molecule has 0 saturated carbocycles. The van der Waals surface area contributed by atoms with E-state index in [1.54, 1.807) is 0 Å². The third kappa shape index (κ3) is 2.17. The predicted octanol–water partition coefficient (Wildman–Crippen LogP) is 2.79. The fraction of sp³-hybridized carbons (Fsp3) is 0.800. The molecule has 1 fully saturated rings. The maximum Gasteiger partial charge on any atom is 0.0291 e. The molecule has 0 bridgehead atoms. The van der Waals surface area contributed by atoms with E-state index in [-0.39, 0.29) is 5.41 Å². The van der Waals surface area contributed by atoms with Crippen LogP contribution in [0, 0.1) is 23.7 Å². The molecule has 0 spiro atoms. The molecule has 0 radical (unpaired) electrons. The first-order chi connectivity index (χ1) is 5.17. The Hall–Kier alpha value is -0.0900. The van der Waals surface area contributed by atoms with Crippen LogP contribution in [0.3, 0.4) is 0 Å². The standard InChI is InChI=1S/C10H16S/c1-4-10(2,3)9-6-5-7-11-8-9/h1,9H,5-8H2,2-3H3. The lowest BCUT2D eigenvalue weighted by Gasteiger charge is -2.32. The number of rotatable bonds is 1. The summed E-state index contributed by atoms with van der Waals surface area (Å²) in [4.78, 5) is 0. The zero-order valence-electron chi connectivity index (χ0n) is 7.39. The molecule has 1 saturated heterocycles. The topological polar surface area (TPSA) is 0 Å². The molecule has 1 heteroatoms. The number of hydrogen-bond acceptors (Lipinski definition) is 1. The van der Waals surface area contributed by atoms with Crippen LogP contribution >= 0.6 is 11.8 Å². The lowest BCUT2D eigenvalue weighted by Crippen LogP contribution is -2.26. The first kappa shape index (κ1) is 9.00. The maximum atomic E-state index is 5.48. The number of thioether (sulfide) groups is 1. The van der Waals surface area contributed by atoms with Crippen molar-refractivity contribution in [2.24, 2.45) is 11.3 Å². The van der Waals surface area contributed by atoms with Gasteiger partial charge in [0.25, 0.3) is 0 Å². The second-order valence-corrected chi connectivity index (χ2v) is 4.93. The van der Waals surface area contributed by atoms with Gasteiger partial charge >= 0.3 is 0 Å². The fourth-order valence-corrected chi connectivity index (χ4v) is 2.83. The average molecular weight is 168 g/mol. The van der Waals surface area contributed by atoms with Crippen LogP contribution in [0.15, 0.2) is 0 Å². The minimum atomic E-state index is 0.118. The molecule has 0 aromatic heterocycles. The van der Waals surface area contributed by atoms with Crippen molar-refractivity contribution in [3.05, 3.63) is 0 Å². The Morgan fingerprint density at radius 1 is 1.55 bits per heavy atom. The summed E-state index contributed by atoms with van der Waals surface area (Å²) in [5, 5.41) is 0. The molecule has 11 heavy (non-hydrogen) atoms. The Balaban J connectivity index is 2.52. The van der Waals surface area contributed by atoms with Crippen molar-refractivity contribution in [3.8, 4) is 12.3 Å². The van der Waals surface area contributed by atoms with Crippen LogP contribution in [0.4, 0.5) is 0 Å². The van der Waals surface area contributed by atoms with Gasteiger partial charge in [-0.25, -0.2) is 0 Å². The van der Waals surface area contributed by atoms with Gasteiger partial charge in [0.05, 0.1) is 0 Å². The molecule has 1 unspecified atom stereocenters. The Bertz CT molecular complexity index is 158. The quantitative estimate of drug-likeness (QED) is 0.543. The van der Waals surface area contributed by atoms with Gasteiger partial charge in [-0.15, -0.1) is 12.3 Å². The van der Waals surface area contributed by atoms with Gasteiger partial charge in [0.1, 0.15) is 0 Å². The Morgan fingerprint density at radius 2 is 2.27 bits per heavy atom. The highest BCUT2D eigenvalue weighted by molar-refractivity contribution is 7.99. The van der Waals surface area contributed by atoms with Crippen LogP contribution < -0.4 is 0 Å². The Morgan fingerprint density at radius 3 is 2.73 bits per heavy atom. The molecule has 1 aliphatic rings. The summed E-state index contributed by atoms with van der Waals surface area (Å²) in [6, 6.07) is 0. The molecule has 0 aromatic carbocycles. The van der Waals surface area contributed by atoms with E-state index in [0.717, 1.165) is 5.92 Å². The summed E-state index contributed by atoms with van der Waals surface area (Å²) in [5.41, 5.74) is 0.118. The third-order valence-corrected chi connectivity index (χ3v) is 3.77. The normalized spacial score (nSPS) is 26.1. The van der Waals surface area contributed by atoms with Crippen molar-refractivity contribution < 1.29 is 0 Å². The molecule has 1 atom stereocenters. The molecule has 1 heterocycles. The number of terminal acetylenes is 1. The summed E-state index contributed by atoms with van der Waals surface area (Å²) in [7, 11) is 0. The molecule has 0 aromatic rings. The molecule has 1 aliphatic heterocycles. The molecule has 0 N–H and O–H groups in total. The third-order valence-electron chi connectivity index (χ3n) is 2.55. The van der Waals surface area contributed by atoms with Crippen molar-refractivity contribution in [2.45, 2.75) is 26.7 Å². The van der Waals surface area contributed by atoms with Crippen LogP contribution in [-0.2, 0) is 0 Å². The summed E-state index contributed by atoms with van der Waals surface area (Å²) in [6.07, 6.45) is 8.15. The Kier molecular flexibility index (Phi) is 2.90. The lowest BCUT2D eigenvalue weighted by atomic mass is 9.78. The minimum absolute atomic E-state index is 0.118. The summed E-state index contributed by atoms with van der Waals surface area (Å²) < 4.78 is 0. The van der Waals surface area contributed by atoms with Gasteiger partial charge in [0.15, 0.2) is 0 Å². The highest BCUT2D eigenvalue weighted by Crippen LogP contribution is 2.35. The summed E-state index contributed by atoms with van der Waals surface area (Å²) in [6.45, 7) is 4.37. The average Bonchev–Trinajstić information content (AvgIpc) is 2.06. The number of hydrogen-bond donors (Lipinski definition) is 0. The first-order valence-electron chi connectivity index (χ1n) is 4.22. The molecule has 62 valence electrons. The highest BCUT2D eigenvalue weighted by Gasteiger charge is 2.28. The zero-order chi connectivity index (χ0) is 8.32. The maximum absolute atomic E-state index is 5.48. The second kappa shape index (κ2) is 3.54. The largest absolute Gasteiger partial charge is 0.162 e. The van der Waals surface area contributed by atoms with E-state index >= 15 is 0 Å². The SMILES string of the molecule is C#CC(C)(C)C1CCCSC1. The van der Waals surface area contributed by atoms with E-state index < -0.39 is 0 Å². The van der Waals surface area contributed by atoms with E-state index in [2.05, 4.69) is 19.8 Å². The van der Waals surface area contributed by atoms with Gasteiger partial charge in [-0.05, 0) is 44.1 Å². The van der Waals surface area contributed by atoms with E-state index in [0.29, 0.717) is 0 Å². The molecule has 0 nitrogen and oxygen atoms in total. The lowest BCUT2D eigenvalue weighted by molar-refractivity contribution is 0.303. The van der Waals surface area contributed by atoms with Crippen molar-refractivity contribution >= 4 is 11.8 Å². The molecular formula is C10H16S. The zero-order valence-corrected chi connectivity index (χ0v) is 8.21. The summed E-state index contributed by atoms with van der Waals surface area (Å²) >= 11 is 2.05. The first-order valence-corrected chi connectivity index (χ1v) is 5.38. The van der Waals surface area contributed by atoms with Crippen LogP contribution in [-0.4, -0.2) is 11.5 Å². The van der Waals surface area contributed by atoms with Crippen molar-refractivity contribution in [1.29, 1.82) is 0 Å². The minimum Gasteiger partial charge on any atom is -0.162 e. The van der Waals surface area contributed by atoms with E-state index in [1.807, 2.05) is 11.8 Å². The fourth-order valence-electron chi connectivity index (χ4n) is 1.43.